The predicted octanol–water partition coefficient (Wildman–Crippen LogP) is 9.41. The number of nitrogens with zero attached hydrogens (tertiary/aromatic N) is 3. The molecular weight excluding hydrogens is 809 g/mol. The molecule has 1 aromatic carbocycles. The van der Waals surface area contributed by atoms with E-state index in [1.165, 1.54) is 23.3 Å². The number of amides is 3. The maximum absolute atomic E-state index is 15.0. The molecule has 2 rings (SSSR count). The summed E-state index contributed by atoms with van der Waals surface area (Å²) in [4.78, 5) is 76.9. The number of aromatic nitrogens is 1. The summed E-state index contributed by atoms with van der Waals surface area (Å²) in [6.45, 7) is 24.3. The lowest BCUT2D eigenvalue weighted by atomic mass is 9.81. The van der Waals surface area contributed by atoms with Crippen LogP contribution in [0.2, 0.25) is 0 Å². The van der Waals surface area contributed by atoms with E-state index in [1.807, 2.05) is 46.4 Å². The van der Waals surface area contributed by atoms with E-state index in [1.54, 1.807) is 64.4 Å². The summed E-state index contributed by atoms with van der Waals surface area (Å²) in [5, 5.41) is 15.2. The molecule has 0 saturated heterocycles. The van der Waals surface area contributed by atoms with Crippen molar-refractivity contribution in [1.82, 2.24) is 20.1 Å². The third-order valence-corrected chi connectivity index (χ3v) is 12.5. The normalized spacial score (nSPS) is 15.7. The number of carbonyl (C=O) groups is 5. The lowest BCUT2D eigenvalue weighted by Crippen LogP contribution is -2.51. The molecule has 0 fully saturated rings. The molecule has 0 spiro atoms. The zero-order chi connectivity index (χ0) is 46.9. The highest BCUT2D eigenvalue weighted by Gasteiger charge is 2.40. The number of methoxy groups -OCH3 is 1. The van der Waals surface area contributed by atoms with Crippen LogP contribution >= 0.6 is 11.3 Å². The number of benzene rings is 1. The largest absolute Gasteiger partial charge is 0.508 e. The van der Waals surface area contributed by atoms with E-state index < -0.39 is 41.7 Å². The lowest BCUT2D eigenvalue weighted by Gasteiger charge is -2.40. The number of ether oxygens (including phenoxy) is 3. The Kier molecular flexibility index (Phi) is 22.6. The molecule has 1 heterocycles. The molecular formula is C48H78N4O9S. The van der Waals surface area contributed by atoms with Crippen LogP contribution in [0.15, 0.2) is 29.6 Å². The number of hydrogen-bond donors (Lipinski definition) is 2. The SMILES string of the molecule is CCCO[C@H](C[C@H](C(C)C)N(CCC)C(=O)[C@@H](CC(=O)[C@@H]([C@@H](C)CC)N(C)C(=O)OC(C)(C)C)[C@@H](C)CC)c1nc(C(=O)N[C@@H](Cc2ccc(O)cc2)C[C@H](C)C(=O)OC)cs1. The summed E-state index contributed by atoms with van der Waals surface area (Å²) in [6, 6.07) is 5.27. The van der Waals surface area contributed by atoms with Crippen molar-refractivity contribution in [3.63, 3.8) is 0 Å². The highest BCUT2D eigenvalue weighted by Crippen LogP contribution is 2.34. The first-order valence-corrected chi connectivity index (χ1v) is 23.5. The molecule has 0 saturated carbocycles. The average Bonchev–Trinajstić information content (AvgIpc) is 3.72. The quantitative estimate of drug-likeness (QED) is 0.0870. The zero-order valence-corrected chi connectivity index (χ0v) is 40.9. The number of esters is 1. The third kappa shape index (κ3) is 16.6. The Bertz CT molecular complexity index is 1710. The van der Waals surface area contributed by atoms with E-state index >= 15 is 4.79 Å². The van der Waals surface area contributed by atoms with Gasteiger partial charge in [0.2, 0.25) is 5.91 Å². The number of Topliss-reactive ketones (excluding diaryl/α,β-unsaturated/α-hetero) is 1. The molecule has 62 heavy (non-hydrogen) atoms. The van der Waals surface area contributed by atoms with Gasteiger partial charge in [-0.2, -0.15) is 0 Å². The van der Waals surface area contributed by atoms with E-state index in [2.05, 4.69) is 19.2 Å². The van der Waals surface area contributed by atoms with Gasteiger partial charge in [-0.25, -0.2) is 9.78 Å². The number of phenolic OH excluding ortho intramolecular Hbond substituents is 1. The van der Waals surface area contributed by atoms with Crippen molar-refractivity contribution in [2.45, 2.75) is 164 Å². The second-order valence-corrected chi connectivity index (χ2v) is 19.2. The van der Waals surface area contributed by atoms with Crippen molar-refractivity contribution in [2.24, 2.45) is 29.6 Å². The summed E-state index contributed by atoms with van der Waals surface area (Å²) in [5.74, 6) is -2.22. The second kappa shape index (κ2) is 25.9. The number of nitrogens with one attached hydrogen (secondary N) is 1. The van der Waals surface area contributed by atoms with Gasteiger partial charge in [-0.15, -0.1) is 11.3 Å². The predicted molar refractivity (Wildman–Crippen MR) is 245 cm³/mol. The van der Waals surface area contributed by atoms with E-state index in [4.69, 9.17) is 19.2 Å². The maximum Gasteiger partial charge on any atom is 0.410 e. The standard InChI is InChI=1S/C48H78N4O9S/c1-15-23-52(45(56)37(31(7)17-3)27-40(54)42(32(8)18-4)51(13)47(58)61-48(10,11)12)39(30(5)6)28-41(60-24-16-2)44-50-38(29-62-44)43(55)49-35(25-33(9)46(57)59-14)26-34-19-21-36(53)22-20-34/h19-22,29-33,35,37,39,41-42,53H,15-18,23-28H2,1-14H3,(H,49,55)/t31-,32-,33-,35+,37-,39+,41+,42+/m0/s1. The first-order valence-electron chi connectivity index (χ1n) is 22.6. The number of thiazole rings is 1. The van der Waals surface area contributed by atoms with Crippen LogP contribution < -0.4 is 5.32 Å². The Balaban J connectivity index is 2.48. The smallest absolute Gasteiger partial charge is 0.410 e. The topological polar surface area (TPSA) is 165 Å². The number of carbonyl (C=O) groups excluding carboxylic acids is 5. The molecule has 0 aliphatic heterocycles. The van der Waals surface area contributed by atoms with Crippen LogP contribution in [0, 0.1) is 29.6 Å². The first-order chi connectivity index (χ1) is 29.1. The van der Waals surface area contributed by atoms with Gasteiger partial charge in [0, 0.05) is 56.4 Å². The highest BCUT2D eigenvalue weighted by atomic mass is 32.1. The van der Waals surface area contributed by atoms with Crippen molar-refractivity contribution >= 4 is 41.0 Å². The van der Waals surface area contributed by atoms with Crippen LogP contribution in [-0.2, 0) is 35.0 Å². The van der Waals surface area contributed by atoms with Crippen LogP contribution in [0.25, 0.3) is 0 Å². The van der Waals surface area contributed by atoms with E-state index in [0.29, 0.717) is 56.7 Å². The highest BCUT2D eigenvalue weighted by molar-refractivity contribution is 7.09. The Morgan fingerprint density at radius 3 is 2.06 bits per heavy atom. The van der Waals surface area contributed by atoms with Gasteiger partial charge >= 0.3 is 12.1 Å². The van der Waals surface area contributed by atoms with Gasteiger partial charge < -0.3 is 34.4 Å². The summed E-state index contributed by atoms with van der Waals surface area (Å²) < 4.78 is 17.1. The molecule has 2 aromatic rings. The molecule has 0 bridgehead atoms. The summed E-state index contributed by atoms with van der Waals surface area (Å²) in [6.07, 6.45) is 2.89. The fourth-order valence-corrected chi connectivity index (χ4v) is 8.60. The Morgan fingerprint density at radius 2 is 1.53 bits per heavy atom. The van der Waals surface area contributed by atoms with E-state index in [0.717, 1.165) is 12.0 Å². The van der Waals surface area contributed by atoms with Crippen molar-refractivity contribution < 1.29 is 43.3 Å². The molecule has 3 amide bonds. The Hall–Kier alpha value is -4.04. The number of hydrogen-bond acceptors (Lipinski definition) is 11. The molecule has 2 N–H and O–H groups in total. The minimum absolute atomic E-state index is 0.00608. The van der Waals surface area contributed by atoms with Crippen molar-refractivity contribution in [1.29, 1.82) is 0 Å². The van der Waals surface area contributed by atoms with Crippen LogP contribution in [0.3, 0.4) is 0 Å². The summed E-state index contributed by atoms with van der Waals surface area (Å²) in [5.41, 5.74) is 0.374. The number of aromatic hydroxyl groups is 1. The number of rotatable bonds is 26. The van der Waals surface area contributed by atoms with Crippen LogP contribution in [0.1, 0.15) is 155 Å². The molecule has 1 aromatic heterocycles. The molecule has 0 radical (unpaired) electrons. The summed E-state index contributed by atoms with van der Waals surface area (Å²) in [7, 11) is 2.94. The Morgan fingerprint density at radius 1 is 0.903 bits per heavy atom. The molecule has 0 aliphatic carbocycles. The van der Waals surface area contributed by atoms with Gasteiger partial charge in [-0.05, 0) is 81.9 Å². The zero-order valence-electron chi connectivity index (χ0n) is 40.1. The molecule has 14 heteroatoms. The minimum atomic E-state index is -0.753. The second-order valence-electron chi connectivity index (χ2n) is 18.3. The third-order valence-electron chi connectivity index (χ3n) is 11.6. The molecule has 8 atom stereocenters. The van der Waals surface area contributed by atoms with Gasteiger partial charge in [0.1, 0.15) is 28.2 Å². The Labute approximate surface area is 376 Å². The van der Waals surface area contributed by atoms with Crippen molar-refractivity contribution in [2.75, 3.05) is 27.3 Å². The minimum Gasteiger partial charge on any atom is -0.508 e. The maximum atomic E-state index is 15.0. The summed E-state index contributed by atoms with van der Waals surface area (Å²) >= 11 is 1.33. The van der Waals surface area contributed by atoms with Gasteiger partial charge in [0.15, 0.2) is 5.78 Å². The molecule has 0 unspecified atom stereocenters. The number of phenols is 1. The first kappa shape index (κ1) is 54.1. The van der Waals surface area contributed by atoms with Gasteiger partial charge in [0.05, 0.1) is 19.1 Å². The fraction of sp³-hybridized carbons (Fsp3) is 0.708. The van der Waals surface area contributed by atoms with E-state index in [-0.39, 0.29) is 65.2 Å². The molecule has 0 aliphatic rings. The van der Waals surface area contributed by atoms with Crippen molar-refractivity contribution in [3.05, 3.63) is 45.9 Å². The fourth-order valence-electron chi connectivity index (χ4n) is 7.75. The van der Waals surface area contributed by atoms with E-state index in [9.17, 15) is 24.3 Å². The van der Waals surface area contributed by atoms with Gasteiger partial charge in [0.25, 0.3) is 5.91 Å². The number of ketones is 1. The molecule has 350 valence electrons. The van der Waals surface area contributed by atoms with Crippen LogP contribution in [-0.4, -0.2) is 101 Å². The van der Waals surface area contributed by atoms with Crippen LogP contribution in [0.5, 0.6) is 5.75 Å². The van der Waals surface area contributed by atoms with Gasteiger partial charge in [-0.3, -0.25) is 19.2 Å². The average molecular weight is 887 g/mol. The monoisotopic (exact) mass is 887 g/mol. The molecule has 13 nitrogen and oxygen atoms in total. The number of likely N-dealkylation sites (N-methyl/N-ethyl adjacent to an activating group) is 1. The lowest BCUT2D eigenvalue weighted by molar-refractivity contribution is -0.145. The van der Waals surface area contributed by atoms with Crippen LogP contribution in [0.4, 0.5) is 4.79 Å². The van der Waals surface area contributed by atoms with Crippen molar-refractivity contribution in [3.8, 4) is 5.75 Å². The van der Waals surface area contributed by atoms with Gasteiger partial charge in [-0.1, -0.05) is 87.3 Å².